The number of halogens is 1. The maximum Gasteiger partial charge on any atom is 0.182 e. The average Bonchev–Trinajstić information content (AvgIpc) is 3.65. The summed E-state index contributed by atoms with van der Waals surface area (Å²) in [5.74, 6) is 0.187. The lowest BCUT2D eigenvalue weighted by Gasteiger charge is -2.28. The molecule has 2 atom stereocenters. The molecular formula is C29H30FN7O. The van der Waals surface area contributed by atoms with Crippen LogP contribution in [-0.4, -0.2) is 36.3 Å². The van der Waals surface area contributed by atoms with Crippen molar-refractivity contribution in [3.8, 4) is 17.3 Å². The molecule has 1 saturated carbocycles. The molecule has 1 aromatic carbocycles. The molecule has 4 aromatic rings. The summed E-state index contributed by atoms with van der Waals surface area (Å²) < 4.78 is 23.7. The van der Waals surface area contributed by atoms with E-state index in [0.29, 0.717) is 52.9 Å². The Balaban J connectivity index is 1.41. The van der Waals surface area contributed by atoms with Crippen LogP contribution in [0.25, 0.3) is 22.4 Å². The summed E-state index contributed by atoms with van der Waals surface area (Å²) in [4.78, 5) is 19.2. The molecule has 8 nitrogen and oxygen atoms in total. The van der Waals surface area contributed by atoms with Crippen LogP contribution in [0.1, 0.15) is 85.9 Å². The highest BCUT2D eigenvalue weighted by molar-refractivity contribution is 5.87. The first-order valence-electron chi connectivity index (χ1n) is 13.1. The minimum absolute atomic E-state index is 0.0180. The second-order valence-corrected chi connectivity index (χ2v) is 11.0. The molecule has 2 aliphatic rings. The Bertz CT molecular complexity index is 1580. The smallest absolute Gasteiger partial charge is 0.182 e. The second kappa shape index (κ2) is 9.21. The van der Waals surface area contributed by atoms with Gasteiger partial charge in [0.05, 0.1) is 41.2 Å². The van der Waals surface area contributed by atoms with Crippen LogP contribution < -0.4 is 0 Å². The molecule has 0 N–H and O–H groups in total. The van der Waals surface area contributed by atoms with E-state index in [1.165, 1.54) is 18.9 Å². The molecule has 1 saturated heterocycles. The van der Waals surface area contributed by atoms with Crippen LogP contribution in [0.4, 0.5) is 4.39 Å². The van der Waals surface area contributed by atoms with Gasteiger partial charge in [0.25, 0.3) is 0 Å². The van der Waals surface area contributed by atoms with Crippen molar-refractivity contribution >= 4 is 11.2 Å². The molecule has 2 fully saturated rings. The first kappa shape index (κ1) is 24.6. The van der Waals surface area contributed by atoms with Crippen molar-refractivity contribution in [3.05, 3.63) is 64.7 Å². The lowest BCUT2D eigenvalue weighted by molar-refractivity contribution is 0.00396. The summed E-state index contributed by atoms with van der Waals surface area (Å²) in [5.41, 5.74) is 4.06. The summed E-state index contributed by atoms with van der Waals surface area (Å²) in [7, 11) is 0. The van der Waals surface area contributed by atoms with Crippen molar-refractivity contribution in [2.24, 2.45) is 0 Å². The SMILES string of the molecule is Cc1nc2nc([C@@H]3CCO[C@@H](c4cnn(C5CC5)c4)C3)nc(-c3ccc(C(C)(C)C#N)cc3F)c2nc1C. The number of benzene rings is 1. The number of rotatable bonds is 5. The Kier molecular flexibility index (Phi) is 5.95. The minimum Gasteiger partial charge on any atom is -0.373 e. The van der Waals surface area contributed by atoms with Crippen LogP contribution in [0.3, 0.4) is 0 Å². The minimum atomic E-state index is -0.809. The summed E-state index contributed by atoms with van der Waals surface area (Å²) in [5, 5.41) is 14.0. The fraction of sp³-hybridized carbons (Fsp3) is 0.448. The standard InChI is InChI=1S/C29H30FN7O/c1-16-17(2)34-28-26(33-16)25(22-8-5-20(12-23(22)30)29(3,4)15-31)35-27(36-28)18-9-10-38-24(11-18)19-13-32-37(14-19)21-6-7-21/h5,8,12-14,18,21,24H,6-7,9-11H2,1-4H3/t18-,24-/m1/s1. The van der Waals surface area contributed by atoms with Crippen molar-refractivity contribution in [1.82, 2.24) is 29.7 Å². The zero-order chi connectivity index (χ0) is 26.6. The van der Waals surface area contributed by atoms with E-state index in [0.717, 1.165) is 23.4 Å². The molecule has 38 heavy (non-hydrogen) atoms. The van der Waals surface area contributed by atoms with E-state index in [1.807, 2.05) is 24.7 Å². The molecule has 1 aliphatic carbocycles. The van der Waals surface area contributed by atoms with Crippen LogP contribution in [0, 0.1) is 31.0 Å². The van der Waals surface area contributed by atoms with Gasteiger partial charge in [-0.2, -0.15) is 10.4 Å². The van der Waals surface area contributed by atoms with Gasteiger partial charge in [0.2, 0.25) is 0 Å². The van der Waals surface area contributed by atoms with Gasteiger partial charge < -0.3 is 4.74 Å². The number of nitrogens with zero attached hydrogens (tertiary/aromatic N) is 7. The van der Waals surface area contributed by atoms with E-state index in [2.05, 4.69) is 17.4 Å². The number of ether oxygens (including phenoxy) is 1. The van der Waals surface area contributed by atoms with Gasteiger partial charge >= 0.3 is 0 Å². The van der Waals surface area contributed by atoms with Gasteiger partial charge in [0.15, 0.2) is 5.65 Å². The van der Waals surface area contributed by atoms with Crippen LogP contribution in [0.2, 0.25) is 0 Å². The molecule has 0 spiro atoms. The van der Waals surface area contributed by atoms with Crippen LogP contribution >= 0.6 is 0 Å². The van der Waals surface area contributed by atoms with Gasteiger partial charge in [-0.25, -0.2) is 24.3 Å². The van der Waals surface area contributed by atoms with E-state index in [4.69, 9.17) is 24.7 Å². The van der Waals surface area contributed by atoms with Gasteiger partial charge in [-0.05, 0) is 71.1 Å². The monoisotopic (exact) mass is 511 g/mol. The maximum atomic E-state index is 15.6. The molecule has 0 amide bonds. The summed E-state index contributed by atoms with van der Waals surface area (Å²) in [6.07, 6.45) is 7.71. The first-order chi connectivity index (χ1) is 18.2. The lowest BCUT2D eigenvalue weighted by Crippen LogP contribution is -2.20. The molecule has 0 radical (unpaired) electrons. The molecule has 6 rings (SSSR count). The number of fused-ring (bicyclic) bond motifs is 1. The highest BCUT2D eigenvalue weighted by Crippen LogP contribution is 2.40. The highest BCUT2D eigenvalue weighted by Gasteiger charge is 2.31. The predicted molar refractivity (Wildman–Crippen MR) is 140 cm³/mol. The van der Waals surface area contributed by atoms with Gasteiger partial charge in [0.1, 0.15) is 22.9 Å². The molecule has 194 valence electrons. The fourth-order valence-corrected chi connectivity index (χ4v) is 4.98. The van der Waals surface area contributed by atoms with E-state index in [1.54, 1.807) is 26.0 Å². The van der Waals surface area contributed by atoms with Gasteiger partial charge in [0, 0.05) is 29.8 Å². The predicted octanol–water partition coefficient (Wildman–Crippen LogP) is 5.81. The molecule has 4 heterocycles. The first-order valence-corrected chi connectivity index (χ1v) is 13.1. The Morgan fingerprint density at radius 2 is 1.87 bits per heavy atom. The zero-order valence-corrected chi connectivity index (χ0v) is 22.1. The lowest BCUT2D eigenvalue weighted by atomic mass is 9.85. The number of hydrogen-bond acceptors (Lipinski definition) is 7. The largest absolute Gasteiger partial charge is 0.373 e. The zero-order valence-electron chi connectivity index (χ0n) is 22.1. The molecule has 1 aliphatic heterocycles. The Morgan fingerprint density at radius 1 is 1.08 bits per heavy atom. The molecule has 0 unspecified atom stereocenters. The van der Waals surface area contributed by atoms with E-state index >= 15 is 4.39 Å². The maximum absolute atomic E-state index is 15.6. The summed E-state index contributed by atoms with van der Waals surface area (Å²) in [6, 6.07) is 7.64. The van der Waals surface area contributed by atoms with Crippen LogP contribution in [0.5, 0.6) is 0 Å². The number of aromatic nitrogens is 6. The van der Waals surface area contributed by atoms with Gasteiger partial charge in [-0.15, -0.1) is 0 Å². The van der Waals surface area contributed by atoms with Gasteiger partial charge in [-0.1, -0.05) is 6.07 Å². The number of aryl methyl sites for hydroxylation is 2. The van der Waals surface area contributed by atoms with Crippen molar-refractivity contribution < 1.29 is 9.13 Å². The van der Waals surface area contributed by atoms with Crippen LogP contribution in [-0.2, 0) is 10.2 Å². The average molecular weight is 512 g/mol. The van der Waals surface area contributed by atoms with Crippen LogP contribution in [0.15, 0.2) is 30.6 Å². The number of nitriles is 1. The van der Waals surface area contributed by atoms with E-state index < -0.39 is 11.2 Å². The third kappa shape index (κ3) is 4.43. The number of hydrogen-bond donors (Lipinski definition) is 0. The quantitative estimate of drug-likeness (QED) is 0.333. The van der Waals surface area contributed by atoms with Crippen molar-refractivity contribution in [2.45, 2.75) is 76.9 Å². The van der Waals surface area contributed by atoms with Crippen molar-refractivity contribution in [3.63, 3.8) is 0 Å². The molecular weight excluding hydrogens is 481 g/mol. The van der Waals surface area contributed by atoms with E-state index in [-0.39, 0.29) is 12.0 Å². The van der Waals surface area contributed by atoms with Crippen molar-refractivity contribution in [1.29, 1.82) is 5.26 Å². The second-order valence-electron chi connectivity index (χ2n) is 11.0. The summed E-state index contributed by atoms with van der Waals surface area (Å²) >= 11 is 0. The molecule has 9 heteroatoms. The fourth-order valence-electron chi connectivity index (χ4n) is 4.98. The molecule has 0 bridgehead atoms. The van der Waals surface area contributed by atoms with Crippen molar-refractivity contribution in [2.75, 3.05) is 6.61 Å². The third-order valence-corrected chi connectivity index (χ3v) is 7.75. The Hall–Kier alpha value is -3.77. The van der Waals surface area contributed by atoms with E-state index in [9.17, 15) is 5.26 Å². The molecule has 3 aromatic heterocycles. The normalized spacial score (nSPS) is 20.0. The topological polar surface area (TPSA) is 102 Å². The Morgan fingerprint density at radius 3 is 2.61 bits per heavy atom. The third-order valence-electron chi connectivity index (χ3n) is 7.75. The summed E-state index contributed by atoms with van der Waals surface area (Å²) in [6.45, 7) is 7.88. The Labute approximate surface area is 220 Å². The highest BCUT2D eigenvalue weighted by atomic mass is 19.1. The van der Waals surface area contributed by atoms with Gasteiger partial charge in [-0.3, -0.25) is 4.68 Å².